The molecule has 0 aromatic rings. The molecule has 82 valence electrons. The summed E-state index contributed by atoms with van der Waals surface area (Å²) in [7, 11) is 0. The van der Waals surface area contributed by atoms with Crippen molar-refractivity contribution in [3.8, 4) is 0 Å². The van der Waals surface area contributed by atoms with Gasteiger partial charge in [-0.15, -0.1) is 6.58 Å². The highest BCUT2D eigenvalue weighted by atomic mass is 16.1. The molecule has 0 aliphatic heterocycles. The largest absolute Gasteiger partial charge is 0.353 e. The van der Waals surface area contributed by atoms with E-state index in [0.29, 0.717) is 31.3 Å². The number of hydrogen-bond donors (Lipinski definition) is 2. The van der Waals surface area contributed by atoms with Gasteiger partial charge in [0.1, 0.15) is 0 Å². The lowest BCUT2D eigenvalue weighted by Gasteiger charge is -2.16. The van der Waals surface area contributed by atoms with Crippen LogP contribution in [0, 0.1) is 11.8 Å². The van der Waals surface area contributed by atoms with E-state index in [9.17, 15) is 4.79 Å². The third-order valence-corrected chi connectivity index (χ3v) is 2.06. The van der Waals surface area contributed by atoms with E-state index in [2.05, 4.69) is 25.7 Å². The van der Waals surface area contributed by atoms with Crippen LogP contribution >= 0.6 is 0 Å². The van der Waals surface area contributed by atoms with E-state index in [1.54, 1.807) is 6.08 Å². The first-order chi connectivity index (χ1) is 6.60. The number of hydrogen-bond acceptors (Lipinski definition) is 2. The molecule has 0 rings (SSSR count). The summed E-state index contributed by atoms with van der Waals surface area (Å²) in [5.41, 5.74) is 5.60. The van der Waals surface area contributed by atoms with Gasteiger partial charge < -0.3 is 11.1 Å². The molecule has 1 unspecified atom stereocenters. The van der Waals surface area contributed by atoms with Gasteiger partial charge in [-0.1, -0.05) is 19.9 Å². The maximum atomic E-state index is 11.3. The van der Waals surface area contributed by atoms with Crippen LogP contribution in [0.25, 0.3) is 0 Å². The Labute approximate surface area is 86.8 Å². The molecular weight excluding hydrogens is 176 g/mol. The summed E-state index contributed by atoms with van der Waals surface area (Å²) in [6.45, 7) is 8.95. The van der Waals surface area contributed by atoms with Crippen LogP contribution in [0.15, 0.2) is 12.7 Å². The Kier molecular flexibility index (Phi) is 7.11. The molecule has 0 radical (unpaired) electrons. The predicted octanol–water partition coefficient (Wildman–Crippen LogP) is 1.30. The molecule has 0 aromatic heterocycles. The number of nitrogens with one attached hydrogen (secondary N) is 1. The fraction of sp³-hybridized carbons (Fsp3) is 0.727. The topological polar surface area (TPSA) is 55.1 Å². The van der Waals surface area contributed by atoms with E-state index in [0.717, 1.165) is 6.42 Å². The molecule has 14 heavy (non-hydrogen) atoms. The van der Waals surface area contributed by atoms with Crippen molar-refractivity contribution in [3.63, 3.8) is 0 Å². The van der Waals surface area contributed by atoms with Crippen LogP contribution in [-0.2, 0) is 4.79 Å². The highest BCUT2D eigenvalue weighted by Crippen LogP contribution is 2.13. The number of carbonyl (C=O) groups is 1. The van der Waals surface area contributed by atoms with Crippen LogP contribution in [0.1, 0.15) is 26.7 Å². The molecule has 0 spiro atoms. The fourth-order valence-corrected chi connectivity index (χ4v) is 1.45. The van der Waals surface area contributed by atoms with E-state index in [4.69, 9.17) is 5.73 Å². The summed E-state index contributed by atoms with van der Waals surface area (Å²) in [5.74, 6) is 0.969. The van der Waals surface area contributed by atoms with Crippen molar-refractivity contribution in [1.29, 1.82) is 0 Å². The fourth-order valence-electron chi connectivity index (χ4n) is 1.45. The highest BCUT2D eigenvalue weighted by molar-refractivity contribution is 5.76. The van der Waals surface area contributed by atoms with Gasteiger partial charge in [0.25, 0.3) is 0 Å². The summed E-state index contributed by atoms with van der Waals surface area (Å²) < 4.78 is 0. The molecule has 0 fully saturated rings. The lowest BCUT2D eigenvalue weighted by atomic mass is 9.94. The summed E-state index contributed by atoms with van der Waals surface area (Å²) in [6.07, 6.45) is 3.22. The molecule has 3 heteroatoms. The number of nitrogens with two attached hydrogens (primary N) is 1. The van der Waals surface area contributed by atoms with Crippen molar-refractivity contribution in [3.05, 3.63) is 12.7 Å². The Bertz CT molecular complexity index is 178. The molecule has 0 aromatic carbocycles. The van der Waals surface area contributed by atoms with Crippen LogP contribution in [0.4, 0.5) is 0 Å². The smallest absolute Gasteiger partial charge is 0.220 e. The van der Waals surface area contributed by atoms with Crippen LogP contribution in [0.2, 0.25) is 0 Å². The van der Waals surface area contributed by atoms with Gasteiger partial charge in [-0.05, 0) is 24.8 Å². The zero-order valence-corrected chi connectivity index (χ0v) is 9.25. The summed E-state index contributed by atoms with van der Waals surface area (Å²) in [5, 5.41) is 2.76. The second kappa shape index (κ2) is 7.56. The highest BCUT2D eigenvalue weighted by Gasteiger charge is 2.13. The van der Waals surface area contributed by atoms with Gasteiger partial charge in [-0.2, -0.15) is 0 Å². The third kappa shape index (κ3) is 6.66. The first-order valence-electron chi connectivity index (χ1n) is 5.17. The summed E-state index contributed by atoms with van der Waals surface area (Å²) in [6, 6.07) is 0. The minimum atomic E-state index is 0.0704. The van der Waals surface area contributed by atoms with Crippen molar-refractivity contribution < 1.29 is 4.79 Å². The molecular formula is C11H22N2O. The predicted molar refractivity (Wildman–Crippen MR) is 59.8 cm³/mol. The van der Waals surface area contributed by atoms with Gasteiger partial charge >= 0.3 is 0 Å². The molecule has 3 N–H and O–H groups in total. The molecule has 0 saturated carbocycles. The average Bonchev–Trinajstić information content (AvgIpc) is 2.12. The average molecular weight is 198 g/mol. The minimum Gasteiger partial charge on any atom is -0.353 e. The Hall–Kier alpha value is -0.830. The molecule has 0 aliphatic rings. The van der Waals surface area contributed by atoms with Gasteiger partial charge in [0.2, 0.25) is 5.91 Å². The lowest BCUT2D eigenvalue weighted by Crippen LogP contribution is -2.28. The van der Waals surface area contributed by atoms with Crippen molar-refractivity contribution >= 4 is 5.91 Å². The maximum Gasteiger partial charge on any atom is 0.220 e. The molecule has 0 bridgehead atoms. The van der Waals surface area contributed by atoms with E-state index in [-0.39, 0.29) is 5.91 Å². The van der Waals surface area contributed by atoms with Gasteiger partial charge in [-0.25, -0.2) is 0 Å². The van der Waals surface area contributed by atoms with Gasteiger partial charge in [0.05, 0.1) is 0 Å². The molecule has 3 nitrogen and oxygen atoms in total. The lowest BCUT2D eigenvalue weighted by molar-refractivity contribution is -0.121. The first-order valence-corrected chi connectivity index (χ1v) is 5.17. The normalized spacial score (nSPS) is 12.6. The van der Waals surface area contributed by atoms with Crippen molar-refractivity contribution in [2.75, 3.05) is 13.1 Å². The molecule has 1 amide bonds. The molecule has 0 saturated heterocycles. The van der Waals surface area contributed by atoms with E-state index in [1.807, 2.05) is 0 Å². The van der Waals surface area contributed by atoms with Gasteiger partial charge in [-0.3, -0.25) is 4.79 Å². The minimum absolute atomic E-state index is 0.0704. The molecule has 0 heterocycles. The van der Waals surface area contributed by atoms with Crippen LogP contribution in [0.3, 0.4) is 0 Å². The van der Waals surface area contributed by atoms with Crippen LogP contribution < -0.4 is 11.1 Å². The molecule has 1 atom stereocenters. The summed E-state index contributed by atoms with van der Waals surface area (Å²) in [4.78, 5) is 11.3. The third-order valence-electron chi connectivity index (χ3n) is 2.06. The van der Waals surface area contributed by atoms with Crippen LogP contribution in [0.5, 0.6) is 0 Å². The number of amides is 1. The zero-order chi connectivity index (χ0) is 11.0. The van der Waals surface area contributed by atoms with E-state index < -0.39 is 0 Å². The second-order valence-electron chi connectivity index (χ2n) is 4.03. The van der Waals surface area contributed by atoms with Crippen molar-refractivity contribution in [2.45, 2.75) is 26.7 Å². The Balaban J connectivity index is 3.79. The quantitative estimate of drug-likeness (QED) is 0.606. The maximum absolute atomic E-state index is 11.3. The monoisotopic (exact) mass is 198 g/mol. The van der Waals surface area contributed by atoms with E-state index in [1.165, 1.54) is 0 Å². The zero-order valence-electron chi connectivity index (χ0n) is 9.25. The van der Waals surface area contributed by atoms with Crippen molar-refractivity contribution in [2.24, 2.45) is 17.6 Å². The Morgan fingerprint density at radius 3 is 2.64 bits per heavy atom. The molecule has 0 aliphatic carbocycles. The second-order valence-corrected chi connectivity index (χ2v) is 4.03. The van der Waals surface area contributed by atoms with Crippen molar-refractivity contribution in [1.82, 2.24) is 5.32 Å². The van der Waals surface area contributed by atoms with E-state index >= 15 is 0 Å². The van der Waals surface area contributed by atoms with Crippen LogP contribution in [-0.4, -0.2) is 19.0 Å². The SMILES string of the molecule is C=CCNC(=O)CC(CN)CC(C)C. The Morgan fingerprint density at radius 2 is 2.21 bits per heavy atom. The van der Waals surface area contributed by atoms with Gasteiger partial charge in [0, 0.05) is 13.0 Å². The number of rotatable bonds is 7. The number of carbonyl (C=O) groups excluding carboxylic acids is 1. The Morgan fingerprint density at radius 1 is 1.57 bits per heavy atom. The van der Waals surface area contributed by atoms with Gasteiger partial charge in [0.15, 0.2) is 0 Å². The summed E-state index contributed by atoms with van der Waals surface area (Å²) >= 11 is 0. The standard InChI is InChI=1S/C11H22N2O/c1-4-5-13-11(14)7-10(8-12)6-9(2)3/h4,9-10H,1,5-8,12H2,2-3H3,(H,13,14). The first kappa shape index (κ1) is 13.2.